The van der Waals surface area contributed by atoms with Crippen molar-refractivity contribution < 1.29 is 23.2 Å². The van der Waals surface area contributed by atoms with Gasteiger partial charge in [0.05, 0.1) is 0 Å². The topological polar surface area (TPSA) is 0 Å². The number of hydrogen-bond acceptors (Lipinski definition) is 0. The Hall–Kier alpha value is -4.32. The van der Waals surface area contributed by atoms with Crippen LogP contribution >= 0.6 is 0 Å². The molecule has 0 spiro atoms. The predicted octanol–water partition coefficient (Wildman–Crippen LogP) is 11.0. The van der Waals surface area contributed by atoms with Gasteiger partial charge in [0.2, 0.25) is 0 Å². The van der Waals surface area contributed by atoms with E-state index in [0.717, 1.165) is 0 Å². The summed E-state index contributed by atoms with van der Waals surface area (Å²) in [5.41, 5.74) is 16.6. The van der Waals surface area contributed by atoms with E-state index in [2.05, 4.69) is 170 Å². The van der Waals surface area contributed by atoms with Crippen molar-refractivity contribution in [3.8, 4) is 22.3 Å². The fourth-order valence-corrected chi connectivity index (χ4v) is 11.8. The Morgan fingerprint density at radius 3 is 1.16 bits per heavy atom. The van der Waals surface area contributed by atoms with Gasteiger partial charge in [-0.25, -0.2) is 0 Å². The number of allylic oxidation sites excluding steroid dienone is 2. The van der Waals surface area contributed by atoms with E-state index in [0.29, 0.717) is 7.25 Å². The summed E-state index contributed by atoms with van der Waals surface area (Å²) in [6.45, 7) is 0. The van der Waals surface area contributed by atoms with Crippen molar-refractivity contribution in [2.75, 3.05) is 0 Å². The molecule has 0 aromatic heterocycles. The Kier molecular flexibility index (Phi) is 6.98. The summed E-state index contributed by atoms with van der Waals surface area (Å²) < 4.78 is 0.949. The molecular formula is C42H30Zr. The van der Waals surface area contributed by atoms with Crippen LogP contribution in [-0.2, 0) is 23.2 Å². The van der Waals surface area contributed by atoms with Crippen molar-refractivity contribution in [3.05, 3.63) is 191 Å². The van der Waals surface area contributed by atoms with Crippen molar-refractivity contribution in [3.63, 3.8) is 0 Å². The summed E-state index contributed by atoms with van der Waals surface area (Å²) in [4.78, 5) is 0. The molecule has 0 fully saturated rings. The van der Waals surface area contributed by atoms with Gasteiger partial charge in [-0.15, -0.1) is 0 Å². The molecule has 2 aliphatic carbocycles. The number of benzene rings is 6. The van der Waals surface area contributed by atoms with E-state index in [1.165, 1.54) is 66.8 Å². The molecule has 8 rings (SSSR count). The Labute approximate surface area is 265 Å². The number of fused-ring (bicyclic) bond motifs is 2. The summed E-state index contributed by atoms with van der Waals surface area (Å²) >= 11 is -1.11. The zero-order valence-electron chi connectivity index (χ0n) is 23.8. The predicted molar refractivity (Wildman–Crippen MR) is 178 cm³/mol. The van der Waals surface area contributed by atoms with E-state index >= 15 is 0 Å². The van der Waals surface area contributed by atoms with Crippen LogP contribution in [0.3, 0.4) is 0 Å². The monoisotopic (exact) mass is 624 g/mol. The standard InChI is InChI=1S/2C21H15.Zr/c2*1-2-7-16(8-3-1)17-11-6-12-20(13-17)21-14-18-9-4-5-10-19(18)15-21;/h2*1-15H;. The van der Waals surface area contributed by atoms with Crippen LogP contribution in [-0.4, -0.2) is 0 Å². The zero-order valence-corrected chi connectivity index (χ0v) is 26.3. The quantitative estimate of drug-likeness (QED) is 0.173. The fraction of sp³-hybridized carbons (Fsp3) is 0.0476. The summed E-state index contributed by atoms with van der Waals surface area (Å²) in [5.74, 6) is 0. The van der Waals surface area contributed by atoms with E-state index in [1.54, 1.807) is 0 Å². The Balaban J connectivity index is 1.20. The molecule has 0 heterocycles. The third kappa shape index (κ3) is 5.03. The van der Waals surface area contributed by atoms with Gasteiger partial charge in [-0.3, -0.25) is 0 Å². The van der Waals surface area contributed by atoms with Gasteiger partial charge in [-0.2, -0.15) is 0 Å². The van der Waals surface area contributed by atoms with E-state index in [9.17, 15) is 0 Å². The molecule has 0 nitrogen and oxygen atoms in total. The maximum atomic E-state index is 2.48. The van der Waals surface area contributed by atoms with Gasteiger partial charge in [-0.1, -0.05) is 0 Å². The molecule has 2 atom stereocenters. The van der Waals surface area contributed by atoms with E-state index in [-0.39, 0.29) is 0 Å². The molecule has 0 aliphatic heterocycles. The van der Waals surface area contributed by atoms with Crippen LogP contribution in [0.5, 0.6) is 0 Å². The minimum absolute atomic E-state index is 0.475. The zero-order chi connectivity index (χ0) is 28.6. The molecular weight excluding hydrogens is 596 g/mol. The molecule has 0 saturated heterocycles. The SMILES string of the molecule is C1=C(c2cccc(-c3ccccc3)c2)[CH]([Zr][CH]2C(c3cccc(-c4ccccc4)c3)=Cc3ccccc32)c2ccccc21. The molecule has 0 N–H and O–H groups in total. The molecule has 6 aromatic rings. The molecule has 0 amide bonds. The van der Waals surface area contributed by atoms with Crippen LogP contribution in [0.1, 0.15) is 40.6 Å². The molecule has 43 heavy (non-hydrogen) atoms. The molecule has 6 aromatic carbocycles. The average Bonchev–Trinajstić information content (AvgIpc) is 3.64. The van der Waals surface area contributed by atoms with Gasteiger partial charge in [0.25, 0.3) is 0 Å². The molecule has 2 aliphatic rings. The van der Waals surface area contributed by atoms with E-state index in [4.69, 9.17) is 0 Å². The summed E-state index contributed by atoms with van der Waals surface area (Å²) in [7, 11) is 0. The van der Waals surface area contributed by atoms with Crippen molar-refractivity contribution in [2.24, 2.45) is 0 Å². The van der Waals surface area contributed by atoms with Crippen LogP contribution < -0.4 is 0 Å². The van der Waals surface area contributed by atoms with Crippen LogP contribution in [0.15, 0.2) is 158 Å². The van der Waals surface area contributed by atoms with Gasteiger partial charge in [0, 0.05) is 0 Å². The fourth-order valence-electron chi connectivity index (χ4n) is 6.69. The minimum atomic E-state index is -1.11. The first kappa shape index (κ1) is 26.3. The first-order valence-electron chi connectivity index (χ1n) is 15.0. The summed E-state index contributed by atoms with van der Waals surface area (Å²) in [5, 5.41) is 0. The molecule has 0 bridgehead atoms. The van der Waals surface area contributed by atoms with Crippen LogP contribution in [0, 0.1) is 0 Å². The van der Waals surface area contributed by atoms with Crippen LogP contribution in [0.25, 0.3) is 45.6 Å². The molecule has 202 valence electrons. The van der Waals surface area contributed by atoms with Gasteiger partial charge in [0.15, 0.2) is 0 Å². The molecule has 1 heteroatoms. The van der Waals surface area contributed by atoms with Gasteiger partial charge >= 0.3 is 267 Å². The third-order valence-corrected chi connectivity index (χ3v) is 13.5. The first-order chi connectivity index (χ1) is 21.3. The second-order valence-electron chi connectivity index (χ2n) is 11.4. The van der Waals surface area contributed by atoms with E-state index < -0.39 is 23.2 Å². The summed E-state index contributed by atoms with van der Waals surface area (Å²) in [6, 6.07) is 58.1. The second kappa shape index (κ2) is 11.4. The normalized spacial score (nSPS) is 16.7. The molecule has 0 saturated carbocycles. The number of rotatable bonds is 6. The van der Waals surface area contributed by atoms with Crippen molar-refractivity contribution in [1.29, 1.82) is 0 Å². The van der Waals surface area contributed by atoms with Crippen molar-refractivity contribution in [2.45, 2.75) is 7.25 Å². The van der Waals surface area contributed by atoms with Gasteiger partial charge < -0.3 is 0 Å². The Bertz CT molecular complexity index is 1850. The van der Waals surface area contributed by atoms with Gasteiger partial charge in [-0.05, 0) is 0 Å². The van der Waals surface area contributed by atoms with Crippen molar-refractivity contribution >= 4 is 23.3 Å². The molecule has 0 radical (unpaired) electrons. The van der Waals surface area contributed by atoms with Crippen LogP contribution in [0.4, 0.5) is 0 Å². The van der Waals surface area contributed by atoms with Crippen LogP contribution in [0.2, 0.25) is 0 Å². The first-order valence-corrected chi connectivity index (χ1v) is 17.8. The van der Waals surface area contributed by atoms with Gasteiger partial charge in [0.1, 0.15) is 0 Å². The summed E-state index contributed by atoms with van der Waals surface area (Å²) in [6.07, 6.45) is 4.95. The Morgan fingerprint density at radius 2 is 0.698 bits per heavy atom. The maximum absolute atomic E-state index is 2.48. The van der Waals surface area contributed by atoms with E-state index in [1.807, 2.05) is 0 Å². The molecule has 2 unspecified atom stereocenters. The second-order valence-corrected chi connectivity index (χ2v) is 15.0. The van der Waals surface area contributed by atoms with Crippen molar-refractivity contribution in [1.82, 2.24) is 0 Å². The Morgan fingerprint density at radius 1 is 0.326 bits per heavy atom. The number of hydrogen-bond donors (Lipinski definition) is 0. The average molecular weight is 626 g/mol. The third-order valence-electron chi connectivity index (χ3n) is 8.80.